The third kappa shape index (κ3) is 4.90. The summed E-state index contributed by atoms with van der Waals surface area (Å²) in [6.07, 6.45) is 0.0580. The number of aliphatic hydroxyl groups excluding tert-OH is 2. The van der Waals surface area contributed by atoms with Crippen LogP contribution in [0, 0.1) is 0 Å². The van der Waals surface area contributed by atoms with E-state index in [0.717, 1.165) is 36.6 Å². The van der Waals surface area contributed by atoms with Crippen molar-refractivity contribution in [1.29, 1.82) is 0 Å². The summed E-state index contributed by atoms with van der Waals surface area (Å²) in [5.41, 5.74) is 4.72. The van der Waals surface area contributed by atoms with Gasteiger partial charge in [-0.25, -0.2) is 0 Å². The molecule has 4 rings (SSSR count). The Morgan fingerprint density at radius 2 is 1.59 bits per heavy atom. The van der Waals surface area contributed by atoms with E-state index in [-0.39, 0.29) is 12.2 Å². The maximum atomic E-state index is 9.65. The second kappa shape index (κ2) is 8.71. The van der Waals surface area contributed by atoms with Gasteiger partial charge in [-0.15, -0.1) is 0 Å². The smallest absolute Gasteiger partial charge is 0.142 e. The van der Waals surface area contributed by atoms with Gasteiger partial charge in [0.05, 0.1) is 12.2 Å². The molecule has 156 valence electrons. The van der Waals surface area contributed by atoms with Crippen molar-refractivity contribution in [3.8, 4) is 11.5 Å². The molecule has 2 atom stereocenters. The van der Waals surface area contributed by atoms with Crippen molar-refractivity contribution in [1.82, 2.24) is 9.80 Å². The van der Waals surface area contributed by atoms with Crippen molar-refractivity contribution >= 4 is 0 Å². The maximum Gasteiger partial charge on any atom is 0.142 e. The van der Waals surface area contributed by atoms with Gasteiger partial charge in [0, 0.05) is 43.7 Å². The van der Waals surface area contributed by atoms with Crippen LogP contribution in [0.15, 0.2) is 36.4 Å². The first-order valence-corrected chi connectivity index (χ1v) is 10.3. The molecule has 0 amide bonds. The van der Waals surface area contributed by atoms with Gasteiger partial charge in [0.2, 0.25) is 0 Å². The molecular formula is C23H30N2O4. The zero-order valence-electron chi connectivity index (χ0n) is 17.2. The standard InChI is InChI=1S/C23H30N2O4/c1-16(26)10-24-12-20-5-3-4-19(23(20)29-15-24)8-18-6-7-22-21(9-18)13-25(14-28-22)11-17(2)27/h3-7,9,16-17,26-27H,8,10-15H2,1-2H3. The zero-order chi connectivity index (χ0) is 20.4. The van der Waals surface area contributed by atoms with E-state index in [1.165, 1.54) is 16.7 Å². The molecule has 0 spiro atoms. The molecular weight excluding hydrogens is 368 g/mol. The van der Waals surface area contributed by atoms with Gasteiger partial charge >= 0.3 is 0 Å². The number of aliphatic hydroxyl groups is 2. The van der Waals surface area contributed by atoms with Gasteiger partial charge in [-0.2, -0.15) is 0 Å². The van der Waals surface area contributed by atoms with Crippen molar-refractivity contribution in [3.63, 3.8) is 0 Å². The van der Waals surface area contributed by atoms with Crippen LogP contribution >= 0.6 is 0 Å². The molecule has 2 N–H and O–H groups in total. The number of fused-ring (bicyclic) bond motifs is 2. The molecule has 0 radical (unpaired) electrons. The molecule has 0 fully saturated rings. The van der Waals surface area contributed by atoms with Crippen LogP contribution < -0.4 is 9.47 Å². The van der Waals surface area contributed by atoms with Crippen LogP contribution in [-0.4, -0.2) is 58.8 Å². The highest BCUT2D eigenvalue weighted by Crippen LogP contribution is 2.32. The molecule has 29 heavy (non-hydrogen) atoms. The summed E-state index contributed by atoms with van der Waals surface area (Å²) in [4.78, 5) is 4.23. The Labute approximate surface area is 172 Å². The van der Waals surface area contributed by atoms with E-state index in [1.807, 2.05) is 6.07 Å². The first-order valence-electron chi connectivity index (χ1n) is 10.3. The van der Waals surface area contributed by atoms with E-state index in [1.54, 1.807) is 13.8 Å². The van der Waals surface area contributed by atoms with Crippen molar-refractivity contribution in [3.05, 3.63) is 58.7 Å². The monoisotopic (exact) mass is 398 g/mol. The molecule has 2 aliphatic rings. The minimum Gasteiger partial charge on any atom is -0.478 e. The van der Waals surface area contributed by atoms with Crippen LogP contribution in [0.25, 0.3) is 0 Å². The predicted molar refractivity (Wildman–Crippen MR) is 111 cm³/mol. The quantitative estimate of drug-likeness (QED) is 0.779. The summed E-state index contributed by atoms with van der Waals surface area (Å²) < 4.78 is 11.9. The molecule has 0 bridgehead atoms. The van der Waals surface area contributed by atoms with Crippen LogP contribution in [0.4, 0.5) is 0 Å². The van der Waals surface area contributed by atoms with Crippen LogP contribution in [0.2, 0.25) is 0 Å². The molecule has 2 aliphatic heterocycles. The van der Waals surface area contributed by atoms with E-state index in [9.17, 15) is 10.2 Å². The number of para-hydroxylation sites is 1. The van der Waals surface area contributed by atoms with Crippen LogP contribution in [0.3, 0.4) is 0 Å². The molecule has 6 nitrogen and oxygen atoms in total. The number of hydrogen-bond acceptors (Lipinski definition) is 6. The van der Waals surface area contributed by atoms with E-state index < -0.39 is 0 Å². The molecule has 2 aromatic carbocycles. The molecule has 0 saturated heterocycles. The number of rotatable bonds is 6. The minimum absolute atomic E-state index is 0.366. The first kappa shape index (κ1) is 20.2. The first-order chi connectivity index (χ1) is 14.0. The van der Waals surface area contributed by atoms with Gasteiger partial charge in [0.25, 0.3) is 0 Å². The normalized spacial score (nSPS) is 18.9. The highest BCUT2D eigenvalue weighted by atomic mass is 16.5. The number of nitrogens with zero attached hydrogens (tertiary/aromatic N) is 2. The lowest BCUT2D eigenvalue weighted by Crippen LogP contribution is -2.37. The summed E-state index contributed by atoms with van der Waals surface area (Å²) in [6, 6.07) is 12.7. The van der Waals surface area contributed by atoms with Crippen LogP contribution in [-0.2, 0) is 19.5 Å². The van der Waals surface area contributed by atoms with E-state index in [0.29, 0.717) is 26.6 Å². The fourth-order valence-corrected chi connectivity index (χ4v) is 4.19. The summed E-state index contributed by atoms with van der Waals surface area (Å²) in [5, 5.41) is 19.3. The Morgan fingerprint density at radius 3 is 2.31 bits per heavy atom. The lowest BCUT2D eigenvalue weighted by atomic mass is 9.98. The van der Waals surface area contributed by atoms with Gasteiger partial charge in [0.15, 0.2) is 0 Å². The fourth-order valence-electron chi connectivity index (χ4n) is 4.19. The van der Waals surface area contributed by atoms with Crippen molar-refractivity contribution in [2.24, 2.45) is 0 Å². The number of benzene rings is 2. The van der Waals surface area contributed by atoms with Gasteiger partial charge in [-0.05, 0) is 31.0 Å². The molecule has 2 heterocycles. The molecule has 0 aliphatic carbocycles. The van der Waals surface area contributed by atoms with E-state index in [4.69, 9.17) is 9.47 Å². The second-order valence-corrected chi connectivity index (χ2v) is 8.29. The lowest BCUT2D eigenvalue weighted by molar-refractivity contribution is 0.0495. The Bertz CT molecular complexity index is 853. The molecule has 2 unspecified atom stereocenters. The van der Waals surface area contributed by atoms with Gasteiger partial charge in [-0.1, -0.05) is 30.3 Å². The van der Waals surface area contributed by atoms with Crippen molar-refractivity contribution < 1.29 is 19.7 Å². The summed E-state index contributed by atoms with van der Waals surface area (Å²) in [7, 11) is 0. The molecule has 2 aromatic rings. The molecule has 0 saturated carbocycles. The Kier molecular flexibility index (Phi) is 6.06. The molecule has 6 heteroatoms. The SMILES string of the molecule is CC(O)CN1COc2ccc(Cc3cccc4c3OCN(CC(C)O)C4)cc2C1. The van der Waals surface area contributed by atoms with Crippen molar-refractivity contribution in [2.75, 3.05) is 26.6 Å². The third-order valence-corrected chi connectivity index (χ3v) is 5.32. The highest BCUT2D eigenvalue weighted by molar-refractivity contribution is 5.46. The molecule has 0 aromatic heterocycles. The Morgan fingerprint density at radius 1 is 0.897 bits per heavy atom. The average Bonchev–Trinajstić information content (AvgIpc) is 2.67. The zero-order valence-corrected chi connectivity index (χ0v) is 17.2. The van der Waals surface area contributed by atoms with Gasteiger partial charge < -0.3 is 19.7 Å². The summed E-state index contributed by atoms with van der Waals surface area (Å²) in [5.74, 6) is 1.90. The highest BCUT2D eigenvalue weighted by Gasteiger charge is 2.22. The maximum absolute atomic E-state index is 9.65. The topological polar surface area (TPSA) is 65.4 Å². The van der Waals surface area contributed by atoms with Crippen LogP contribution in [0.1, 0.15) is 36.1 Å². The van der Waals surface area contributed by atoms with E-state index >= 15 is 0 Å². The Balaban J connectivity index is 1.50. The van der Waals surface area contributed by atoms with Crippen LogP contribution in [0.5, 0.6) is 11.5 Å². The number of hydrogen-bond donors (Lipinski definition) is 2. The fraction of sp³-hybridized carbons (Fsp3) is 0.478. The van der Waals surface area contributed by atoms with E-state index in [2.05, 4.69) is 40.1 Å². The lowest BCUT2D eigenvalue weighted by Gasteiger charge is -2.31. The van der Waals surface area contributed by atoms with Gasteiger partial charge in [0.1, 0.15) is 25.0 Å². The largest absolute Gasteiger partial charge is 0.478 e. The second-order valence-electron chi connectivity index (χ2n) is 8.29. The third-order valence-electron chi connectivity index (χ3n) is 5.32. The van der Waals surface area contributed by atoms with Crippen molar-refractivity contribution in [2.45, 2.75) is 45.6 Å². The average molecular weight is 399 g/mol. The van der Waals surface area contributed by atoms with Gasteiger partial charge in [-0.3, -0.25) is 9.80 Å². The number of β-amino-alcohol motifs (C(OH)–C–C–N with tert-alkyl or cyclic N) is 2. The minimum atomic E-state index is -0.371. The Hall–Kier alpha value is -2.12. The predicted octanol–water partition coefficient (Wildman–Crippen LogP) is 2.34. The summed E-state index contributed by atoms with van der Waals surface area (Å²) in [6.45, 7) is 7.40. The summed E-state index contributed by atoms with van der Waals surface area (Å²) >= 11 is 0. The number of ether oxygens (including phenoxy) is 2.